The summed E-state index contributed by atoms with van der Waals surface area (Å²) in [7, 11) is 0. The van der Waals surface area contributed by atoms with Gasteiger partial charge in [0.15, 0.2) is 0 Å². The first-order chi connectivity index (χ1) is 24.1. The second-order valence-corrected chi connectivity index (χ2v) is 14.3. The summed E-state index contributed by atoms with van der Waals surface area (Å²) in [5.74, 6) is -50.2. The minimum Gasteiger partial charge on any atom is -0.875 e. The predicted octanol–water partition coefficient (Wildman–Crippen LogP) is 8.04. The molecule has 0 aromatic carbocycles. The molecule has 0 fully saturated rings. The number of ketones is 3. The van der Waals surface area contributed by atoms with Crippen molar-refractivity contribution < 1.29 is 171 Å². The molecule has 1 radical (unpaired) electrons. The summed E-state index contributed by atoms with van der Waals surface area (Å²) in [4.78, 5) is 32.4. The molecule has 6 nitrogen and oxygen atoms in total. The van der Waals surface area contributed by atoms with Crippen LogP contribution >= 0.6 is 0 Å². The van der Waals surface area contributed by atoms with E-state index >= 15 is 0 Å². The van der Waals surface area contributed by atoms with Gasteiger partial charge >= 0.3 is 103 Å². The maximum Gasteiger partial charge on any atom is 2.00 e. The zero-order valence-corrected chi connectivity index (χ0v) is 32.9. The number of hydrogen-bond donors (Lipinski definition) is 0. The van der Waals surface area contributed by atoms with Crippen LogP contribution in [0.2, 0.25) is 0 Å². The summed E-state index contributed by atoms with van der Waals surface area (Å²) in [6, 6.07) is 0. The quantitative estimate of drug-likeness (QED) is 0.131. The molecule has 0 atom stereocenters. The van der Waals surface area contributed by atoms with E-state index in [-0.39, 0.29) is 49.4 Å². The van der Waals surface area contributed by atoms with Crippen LogP contribution in [0.25, 0.3) is 0 Å². The predicted molar refractivity (Wildman–Crippen MR) is 145 cm³/mol. The van der Waals surface area contributed by atoms with Crippen molar-refractivity contribution in [3.05, 3.63) is 35.5 Å². The maximum atomic E-state index is 12.8. The van der Waals surface area contributed by atoms with Crippen molar-refractivity contribution in [3.63, 3.8) is 0 Å². The Balaban J connectivity index is -0.000000374. The van der Waals surface area contributed by atoms with E-state index in [4.69, 9.17) is 0 Å². The van der Waals surface area contributed by atoms with Crippen molar-refractivity contribution in [1.82, 2.24) is 0 Å². The number of allylic oxidation sites excluding steroid dienone is 6. The Kier molecular flexibility index (Phi) is 20.7. The normalized spacial score (nSPS) is 15.3. The van der Waals surface area contributed by atoms with Crippen molar-refractivity contribution in [3.8, 4) is 0 Å². The van der Waals surface area contributed by atoms with Crippen molar-refractivity contribution in [1.29, 1.82) is 0 Å². The van der Waals surface area contributed by atoms with E-state index in [1.54, 1.807) is 0 Å². The fraction of sp³-hybridized carbons (Fsp3) is 0.700. The largest absolute Gasteiger partial charge is 2.00 e. The molecule has 0 bridgehead atoms. The van der Waals surface area contributed by atoms with Crippen molar-refractivity contribution in [2.24, 2.45) is 16.2 Å². The summed E-state index contributed by atoms with van der Waals surface area (Å²) >= 11 is 0. The van der Waals surface area contributed by atoms with E-state index in [1.165, 1.54) is 62.3 Å². The second kappa shape index (κ2) is 19.2. The second-order valence-electron chi connectivity index (χ2n) is 14.3. The molecule has 0 saturated carbocycles. The number of hydrogen-bond acceptors (Lipinski definition) is 6. The van der Waals surface area contributed by atoms with Gasteiger partial charge in [0.2, 0.25) is 17.3 Å². The average Bonchev–Trinajstić information content (AvgIpc) is 2.93. The van der Waals surface area contributed by atoms with Gasteiger partial charge in [-0.25, -0.2) is 0 Å². The number of carbonyl (C=O) groups is 3. The summed E-state index contributed by atoms with van der Waals surface area (Å²) in [6.45, 7) is 10.6. The third-order valence-corrected chi connectivity index (χ3v) is 6.18. The van der Waals surface area contributed by atoms with Crippen LogP contribution in [0.3, 0.4) is 0 Å². The van der Waals surface area contributed by atoms with E-state index in [1.807, 2.05) is 0 Å². The Labute approximate surface area is 355 Å². The molecule has 341 valence electrons. The zero-order valence-electron chi connectivity index (χ0n) is 30.5. The number of carbonyl (C=O) groups excluding carboxylic acids is 3. The standard InChI is InChI=1S/3C10H11F7O2.Eu/c3*1-7(2,3)5(18)4-6(19)8(11,12)9(13,14)10(15,16)17;/h3*4,18H,1-3H3;/q;;;+2/p-3/b3*5-4-;. The molecule has 0 amide bonds. The first-order valence-electron chi connectivity index (χ1n) is 14.4. The maximum absolute atomic E-state index is 12.8. The smallest absolute Gasteiger partial charge is 0.875 e. The van der Waals surface area contributed by atoms with Gasteiger partial charge in [0.25, 0.3) is 0 Å². The van der Waals surface area contributed by atoms with Crippen LogP contribution in [0.4, 0.5) is 92.2 Å². The molecular weight excluding hydrogens is 1010 g/mol. The molecule has 0 heterocycles. The van der Waals surface area contributed by atoms with E-state index in [2.05, 4.69) is 0 Å². The minimum absolute atomic E-state index is 0. The Morgan fingerprint density at radius 2 is 0.448 bits per heavy atom. The molecule has 0 N–H and O–H groups in total. The molecule has 0 aromatic rings. The molecule has 0 saturated heterocycles. The van der Waals surface area contributed by atoms with Crippen LogP contribution in [0.15, 0.2) is 35.5 Å². The van der Waals surface area contributed by atoms with Gasteiger partial charge in [-0.3, -0.25) is 14.4 Å². The van der Waals surface area contributed by atoms with Crippen LogP contribution in [0.1, 0.15) is 62.3 Å². The third-order valence-electron chi connectivity index (χ3n) is 6.18. The van der Waals surface area contributed by atoms with Crippen molar-refractivity contribution in [2.75, 3.05) is 0 Å². The fourth-order valence-corrected chi connectivity index (χ4v) is 2.28. The molecule has 58 heavy (non-hydrogen) atoms. The molecule has 0 aliphatic carbocycles. The summed E-state index contributed by atoms with van der Waals surface area (Å²) in [5.41, 5.74) is -4.09. The molecule has 28 heteroatoms. The van der Waals surface area contributed by atoms with Gasteiger partial charge < -0.3 is 15.3 Å². The molecule has 0 spiro atoms. The van der Waals surface area contributed by atoms with Crippen LogP contribution in [-0.4, -0.2) is 71.4 Å². The Morgan fingerprint density at radius 3 is 0.534 bits per heavy atom. The van der Waals surface area contributed by atoms with Crippen LogP contribution in [0.5, 0.6) is 0 Å². The van der Waals surface area contributed by atoms with E-state index in [0.717, 1.165) is 0 Å². The zero-order chi connectivity index (χ0) is 47.6. The van der Waals surface area contributed by atoms with Gasteiger partial charge in [0, 0.05) is 0 Å². The SMILES string of the molecule is CC(C)(C)/C([O-])=C/C(=O)C(F)(F)C(F)(F)C(F)(F)F.CC(C)(C)/C([O-])=C/C(=O)C(F)(F)C(F)(F)C(F)(F)F.CC(C)(C)/C([O-])=C/C(=O)C(F)(F)C(F)(F)C(F)(F)F.[Eu+2]. The number of rotatable bonds is 9. The van der Waals surface area contributed by atoms with Gasteiger partial charge in [-0.1, -0.05) is 62.3 Å². The van der Waals surface area contributed by atoms with Crippen LogP contribution in [0, 0.1) is 65.6 Å². The van der Waals surface area contributed by atoms with E-state index in [0.29, 0.717) is 0 Å². The van der Waals surface area contributed by atoms with Gasteiger partial charge in [0.1, 0.15) is 0 Å². The summed E-state index contributed by atoms with van der Waals surface area (Å²) < 4.78 is 258. The van der Waals surface area contributed by atoms with Gasteiger partial charge in [-0.2, -0.15) is 92.2 Å². The number of alkyl halides is 21. The van der Waals surface area contributed by atoms with Crippen LogP contribution in [-0.2, 0) is 14.4 Å². The summed E-state index contributed by atoms with van der Waals surface area (Å²) in [5, 5.41) is 33.5. The van der Waals surface area contributed by atoms with Crippen LogP contribution < -0.4 is 15.3 Å². The van der Waals surface area contributed by atoms with Crippen molar-refractivity contribution >= 4 is 17.3 Å². The number of halogens is 21. The monoisotopic (exact) mass is 1040 g/mol. The molecule has 0 unspecified atom stereocenters. The first-order valence-corrected chi connectivity index (χ1v) is 14.4. The van der Waals surface area contributed by atoms with Crippen molar-refractivity contribution in [2.45, 2.75) is 116 Å². The minimum atomic E-state index is -6.61. The first kappa shape index (κ1) is 62.4. The molecular formula is C30H30EuF21O6-. The Hall–Kier alpha value is -2.26. The summed E-state index contributed by atoms with van der Waals surface area (Å²) in [6.07, 6.45) is -21.1. The van der Waals surface area contributed by atoms with Gasteiger partial charge in [0.05, 0.1) is 0 Å². The van der Waals surface area contributed by atoms with Gasteiger partial charge in [-0.05, 0) is 34.5 Å². The average molecular weight is 1040 g/mol. The molecule has 0 aliphatic rings. The molecule has 0 aliphatic heterocycles. The Morgan fingerprint density at radius 1 is 0.328 bits per heavy atom. The topological polar surface area (TPSA) is 120 Å². The fourth-order valence-electron chi connectivity index (χ4n) is 2.28. The van der Waals surface area contributed by atoms with E-state index < -0.39 is 123 Å². The molecule has 0 rings (SSSR count). The Bertz CT molecular complexity index is 1350. The third kappa shape index (κ3) is 15.0. The molecule has 0 aromatic heterocycles. The van der Waals surface area contributed by atoms with Gasteiger partial charge in [-0.15, -0.1) is 17.3 Å². The van der Waals surface area contributed by atoms with E-state index in [9.17, 15) is 122 Å².